The van der Waals surface area contributed by atoms with Crippen LogP contribution in [0.25, 0.3) is 76.9 Å². The van der Waals surface area contributed by atoms with Crippen LogP contribution in [0.5, 0.6) is 0 Å². The predicted molar refractivity (Wildman–Crippen MR) is 178 cm³/mol. The molecule has 0 atom stereocenters. The van der Waals surface area contributed by atoms with Crippen LogP contribution in [0.2, 0.25) is 0 Å². The summed E-state index contributed by atoms with van der Waals surface area (Å²) in [7, 11) is 0. The number of aromatic nitrogens is 4. The van der Waals surface area contributed by atoms with Crippen molar-refractivity contribution in [2.24, 2.45) is 0 Å². The van der Waals surface area contributed by atoms with Gasteiger partial charge in [-0.3, -0.25) is 0 Å². The first-order valence-electron chi connectivity index (χ1n) is 14.2. The molecule has 202 valence electrons. The zero-order valence-corrected chi connectivity index (χ0v) is 23.9. The quantitative estimate of drug-likeness (QED) is 0.207. The van der Waals surface area contributed by atoms with E-state index in [1.54, 1.807) is 11.3 Å². The summed E-state index contributed by atoms with van der Waals surface area (Å²) in [4.78, 5) is 21.3. The highest BCUT2D eigenvalue weighted by Crippen LogP contribution is 2.39. The third-order valence-electron chi connectivity index (χ3n) is 7.53. The maximum atomic E-state index is 5.18. The Labute approximate surface area is 253 Å². The first-order valence-corrected chi connectivity index (χ1v) is 15.0. The molecule has 5 aromatic carbocycles. The van der Waals surface area contributed by atoms with Gasteiger partial charge in [0.1, 0.15) is 4.83 Å². The van der Waals surface area contributed by atoms with Crippen LogP contribution < -0.4 is 0 Å². The Bertz CT molecular complexity index is 2170. The number of benzene rings is 5. The molecule has 43 heavy (non-hydrogen) atoms. The van der Waals surface area contributed by atoms with Crippen LogP contribution in [-0.4, -0.2) is 19.9 Å². The maximum absolute atomic E-state index is 5.18. The number of nitrogens with zero attached hydrogens (tertiary/aromatic N) is 4. The minimum atomic E-state index is 0.660. The molecule has 5 heteroatoms. The summed E-state index contributed by atoms with van der Waals surface area (Å²) in [5, 5.41) is 2.28. The number of hydrogen-bond donors (Lipinski definition) is 0. The Balaban J connectivity index is 1.30. The summed E-state index contributed by atoms with van der Waals surface area (Å²) in [6, 6.07) is 49.6. The van der Waals surface area contributed by atoms with E-state index < -0.39 is 0 Å². The fraction of sp³-hybridized carbons (Fsp3) is 0. The predicted octanol–water partition coefficient (Wildman–Crippen LogP) is 9.97. The molecule has 3 heterocycles. The number of thiophene rings is 1. The van der Waals surface area contributed by atoms with Crippen molar-refractivity contribution in [1.82, 2.24) is 19.9 Å². The molecule has 8 aromatic rings. The van der Waals surface area contributed by atoms with E-state index in [0.717, 1.165) is 55.1 Å². The highest BCUT2D eigenvalue weighted by molar-refractivity contribution is 7.25. The average Bonchev–Trinajstić information content (AvgIpc) is 3.47. The van der Waals surface area contributed by atoms with Gasteiger partial charge in [-0.1, -0.05) is 127 Å². The lowest BCUT2D eigenvalue weighted by Gasteiger charge is -2.11. The number of hydrogen-bond acceptors (Lipinski definition) is 5. The van der Waals surface area contributed by atoms with Crippen molar-refractivity contribution >= 4 is 31.6 Å². The molecule has 0 amide bonds. The zero-order chi connectivity index (χ0) is 28.6. The molecule has 0 bridgehead atoms. The largest absolute Gasteiger partial charge is 0.228 e. The van der Waals surface area contributed by atoms with E-state index in [1.807, 2.05) is 48.5 Å². The van der Waals surface area contributed by atoms with Crippen LogP contribution in [0.15, 0.2) is 146 Å². The molecular formula is C38H24N4S. The van der Waals surface area contributed by atoms with Crippen molar-refractivity contribution in [2.45, 2.75) is 0 Å². The Hall–Kier alpha value is -5.52. The van der Waals surface area contributed by atoms with E-state index in [0.29, 0.717) is 11.6 Å². The van der Waals surface area contributed by atoms with Gasteiger partial charge in [-0.15, -0.1) is 11.3 Å². The number of fused-ring (bicyclic) bond motifs is 3. The highest BCUT2D eigenvalue weighted by Gasteiger charge is 2.17. The van der Waals surface area contributed by atoms with E-state index in [-0.39, 0.29) is 0 Å². The summed E-state index contributed by atoms with van der Waals surface area (Å²) in [6.07, 6.45) is 0. The van der Waals surface area contributed by atoms with Crippen LogP contribution in [0.3, 0.4) is 0 Å². The Morgan fingerprint density at radius 1 is 0.395 bits per heavy atom. The zero-order valence-electron chi connectivity index (χ0n) is 23.1. The molecular weight excluding hydrogens is 545 g/mol. The second-order valence-electron chi connectivity index (χ2n) is 10.3. The summed E-state index contributed by atoms with van der Waals surface area (Å²) < 4.78 is 1.20. The molecule has 0 radical (unpaired) electrons. The molecule has 0 aliphatic rings. The van der Waals surface area contributed by atoms with E-state index in [9.17, 15) is 0 Å². The molecule has 0 aliphatic carbocycles. The standard InChI is InChI=1S/C38H24N4S/c1-4-13-25(14-5-1)31-24-32(26-15-6-2-7-16-26)40-36(39-31)28-19-12-20-29(23-28)37-41-35(27-17-8-3-9-18-27)34-30-21-10-11-22-33(30)43-38(34)42-37/h1-24H. The van der Waals surface area contributed by atoms with Gasteiger partial charge in [0.15, 0.2) is 11.6 Å². The van der Waals surface area contributed by atoms with Crippen molar-refractivity contribution in [3.05, 3.63) is 146 Å². The van der Waals surface area contributed by atoms with E-state index in [1.165, 1.54) is 10.1 Å². The molecule has 0 N–H and O–H groups in total. The molecule has 0 saturated heterocycles. The van der Waals surface area contributed by atoms with Gasteiger partial charge in [0, 0.05) is 43.3 Å². The van der Waals surface area contributed by atoms with Crippen molar-refractivity contribution in [1.29, 1.82) is 0 Å². The average molecular weight is 569 g/mol. The lowest BCUT2D eigenvalue weighted by molar-refractivity contribution is 1.18. The molecule has 0 spiro atoms. The monoisotopic (exact) mass is 568 g/mol. The minimum absolute atomic E-state index is 0.660. The Morgan fingerprint density at radius 3 is 1.53 bits per heavy atom. The fourth-order valence-corrected chi connectivity index (χ4v) is 6.52. The van der Waals surface area contributed by atoms with Gasteiger partial charge in [0.05, 0.1) is 17.1 Å². The van der Waals surface area contributed by atoms with Gasteiger partial charge < -0.3 is 0 Å². The molecule has 3 aromatic heterocycles. The van der Waals surface area contributed by atoms with Crippen LogP contribution >= 0.6 is 11.3 Å². The third kappa shape index (κ3) is 4.76. The highest BCUT2D eigenvalue weighted by atomic mass is 32.1. The van der Waals surface area contributed by atoms with Crippen LogP contribution in [0, 0.1) is 0 Å². The van der Waals surface area contributed by atoms with Crippen molar-refractivity contribution in [3.63, 3.8) is 0 Å². The summed E-state index contributed by atoms with van der Waals surface area (Å²) in [5.41, 5.74) is 7.70. The molecule has 4 nitrogen and oxygen atoms in total. The maximum Gasteiger partial charge on any atom is 0.161 e. The summed E-state index contributed by atoms with van der Waals surface area (Å²) >= 11 is 1.70. The van der Waals surface area contributed by atoms with Crippen LogP contribution in [-0.2, 0) is 0 Å². The second kappa shape index (κ2) is 10.7. The Kier molecular flexibility index (Phi) is 6.28. The van der Waals surface area contributed by atoms with Crippen molar-refractivity contribution in [3.8, 4) is 56.5 Å². The molecule has 0 saturated carbocycles. The lowest BCUT2D eigenvalue weighted by Crippen LogP contribution is -1.97. The molecule has 0 aliphatic heterocycles. The van der Waals surface area contributed by atoms with Crippen LogP contribution in [0.1, 0.15) is 0 Å². The third-order valence-corrected chi connectivity index (χ3v) is 8.59. The van der Waals surface area contributed by atoms with Gasteiger partial charge in [0.25, 0.3) is 0 Å². The van der Waals surface area contributed by atoms with Crippen molar-refractivity contribution in [2.75, 3.05) is 0 Å². The van der Waals surface area contributed by atoms with Crippen LogP contribution in [0.4, 0.5) is 0 Å². The van der Waals surface area contributed by atoms with E-state index in [4.69, 9.17) is 19.9 Å². The first-order chi connectivity index (χ1) is 21.3. The van der Waals surface area contributed by atoms with Crippen molar-refractivity contribution < 1.29 is 0 Å². The molecule has 0 fully saturated rings. The minimum Gasteiger partial charge on any atom is -0.228 e. The van der Waals surface area contributed by atoms with E-state index in [2.05, 4.69) is 97.1 Å². The topological polar surface area (TPSA) is 51.6 Å². The number of rotatable bonds is 5. The molecule has 0 unspecified atom stereocenters. The first kappa shape index (κ1) is 25.2. The normalized spacial score (nSPS) is 11.3. The molecule has 8 rings (SSSR count). The van der Waals surface area contributed by atoms with Gasteiger partial charge in [-0.05, 0) is 18.2 Å². The lowest BCUT2D eigenvalue weighted by atomic mass is 10.0. The summed E-state index contributed by atoms with van der Waals surface area (Å²) in [6.45, 7) is 0. The smallest absolute Gasteiger partial charge is 0.161 e. The Morgan fingerprint density at radius 2 is 0.907 bits per heavy atom. The summed E-state index contributed by atoms with van der Waals surface area (Å²) in [5.74, 6) is 1.34. The van der Waals surface area contributed by atoms with Gasteiger partial charge >= 0.3 is 0 Å². The second-order valence-corrected chi connectivity index (χ2v) is 11.3. The fourth-order valence-electron chi connectivity index (χ4n) is 5.44. The SMILES string of the molecule is c1ccc(-c2cc(-c3ccccc3)nc(-c3cccc(-c4nc(-c5ccccc5)c5c(n4)sc4ccccc45)c3)n2)cc1. The van der Waals surface area contributed by atoms with Gasteiger partial charge in [-0.2, -0.15) is 0 Å². The van der Waals surface area contributed by atoms with E-state index >= 15 is 0 Å². The van der Waals surface area contributed by atoms with Gasteiger partial charge in [-0.25, -0.2) is 19.9 Å². The van der Waals surface area contributed by atoms with Gasteiger partial charge in [0.2, 0.25) is 0 Å².